The fraction of sp³-hybridized carbons (Fsp3) is 0.385. The van der Waals surface area contributed by atoms with Crippen molar-refractivity contribution in [3.8, 4) is 0 Å². The number of carbonyl (C=O) groups is 2. The Hall–Kier alpha value is -1.75. The molecule has 102 valence electrons. The van der Waals surface area contributed by atoms with E-state index in [0.717, 1.165) is 5.69 Å². The van der Waals surface area contributed by atoms with E-state index in [9.17, 15) is 9.59 Å². The van der Waals surface area contributed by atoms with Crippen LogP contribution in [0.5, 0.6) is 0 Å². The molecule has 6 heteroatoms. The first kappa shape index (κ1) is 13.7. The normalized spacial score (nSPS) is 15.3. The average molecular weight is 283 g/mol. The van der Waals surface area contributed by atoms with Crippen LogP contribution < -0.4 is 4.90 Å². The first-order chi connectivity index (χ1) is 9.11. The number of ether oxygens (including phenoxy) is 1. The van der Waals surface area contributed by atoms with E-state index < -0.39 is 11.9 Å². The monoisotopic (exact) mass is 282 g/mol. The summed E-state index contributed by atoms with van der Waals surface area (Å²) in [5.41, 5.74) is 1.06. The number of anilines is 1. The van der Waals surface area contributed by atoms with E-state index in [2.05, 4.69) is 9.64 Å². The minimum absolute atomic E-state index is 0.510. The van der Waals surface area contributed by atoms with Crippen molar-refractivity contribution < 1.29 is 14.3 Å². The third-order valence-corrected chi connectivity index (χ3v) is 3.37. The highest BCUT2D eigenvalue weighted by molar-refractivity contribution is 6.32. The summed E-state index contributed by atoms with van der Waals surface area (Å²) in [7, 11) is 1.21. The van der Waals surface area contributed by atoms with Crippen molar-refractivity contribution in [2.75, 3.05) is 38.2 Å². The van der Waals surface area contributed by atoms with Gasteiger partial charge < -0.3 is 14.5 Å². The second-order valence-corrected chi connectivity index (χ2v) is 4.68. The van der Waals surface area contributed by atoms with Gasteiger partial charge in [0, 0.05) is 36.9 Å². The van der Waals surface area contributed by atoms with Gasteiger partial charge in [0.15, 0.2) is 0 Å². The van der Waals surface area contributed by atoms with Gasteiger partial charge in [0.25, 0.3) is 0 Å². The second kappa shape index (κ2) is 5.93. The number of hydrogen-bond acceptors (Lipinski definition) is 4. The number of methoxy groups -OCH3 is 1. The molecule has 0 radical (unpaired) electrons. The molecular weight excluding hydrogens is 268 g/mol. The van der Waals surface area contributed by atoms with E-state index in [1.54, 1.807) is 0 Å². The van der Waals surface area contributed by atoms with Crippen molar-refractivity contribution in [3.05, 3.63) is 29.3 Å². The number of hydrogen-bond donors (Lipinski definition) is 0. The molecule has 0 unspecified atom stereocenters. The van der Waals surface area contributed by atoms with Gasteiger partial charge in [-0.2, -0.15) is 0 Å². The summed E-state index contributed by atoms with van der Waals surface area (Å²) in [6.45, 7) is 2.39. The molecule has 0 spiro atoms. The third-order valence-electron chi connectivity index (χ3n) is 3.12. The fourth-order valence-electron chi connectivity index (χ4n) is 2.04. The molecule has 1 aromatic carbocycles. The number of halogens is 1. The first-order valence-corrected chi connectivity index (χ1v) is 6.37. The largest absolute Gasteiger partial charge is 0.462 e. The Balaban J connectivity index is 1.94. The SMILES string of the molecule is COC(=O)C(=O)N1CCN(c2ccc(Cl)cc2)CC1. The highest BCUT2D eigenvalue weighted by atomic mass is 35.5. The minimum Gasteiger partial charge on any atom is -0.462 e. The van der Waals surface area contributed by atoms with Crippen LogP contribution in [0.4, 0.5) is 5.69 Å². The molecule has 0 aliphatic carbocycles. The van der Waals surface area contributed by atoms with Crippen molar-refractivity contribution in [1.82, 2.24) is 4.90 Å². The molecule has 0 N–H and O–H groups in total. The van der Waals surface area contributed by atoms with Crippen LogP contribution in [0.1, 0.15) is 0 Å². The fourth-order valence-corrected chi connectivity index (χ4v) is 2.16. The predicted molar refractivity (Wildman–Crippen MR) is 72.3 cm³/mol. The second-order valence-electron chi connectivity index (χ2n) is 4.25. The number of carbonyl (C=O) groups excluding carboxylic acids is 2. The molecule has 0 saturated carbocycles. The lowest BCUT2D eigenvalue weighted by Gasteiger charge is -2.35. The van der Waals surface area contributed by atoms with Crippen LogP contribution in [0.2, 0.25) is 5.02 Å². The van der Waals surface area contributed by atoms with Gasteiger partial charge in [0.2, 0.25) is 0 Å². The number of piperazine rings is 1. The maximum absolute atomic E-state index is 11.6. The zero-order valence-corrected chi connectivity index (χ0v) is 11.4. The maximum Gasteiger partial charge on any atom is 0.396 e. The van der Waals surface area contributed by atoms with Crippen LogP contribution in [0.25, 0.3) is 0 Å². The molecule has 0 atom stereocenters. The minimum atomic E-state index is -0.806. The van der Waals surface area contributed by atoms with E-state index in [1.165, 1.54) is 12.0 Å². The molecule has 1 aliphatic rings. The molecular formula is C13H15ClN2O3. The lowest BCUT2D eigenvalue weighted by molar-refractivity contribution is -0.158. The number of esters is 1. The van der Waals surface area contributed by atoms with Gasteiger partial charge in [-0.25, -0.2) is 4.79 Å². The van der Waals surface area contributed by atoms with Crippen LogP contribution in [0.15, 0.2) is 24.3 Å². The molecule has 0 bridgehead atoms. The van der Waals surface area contributed by atoms with Crippen molar-refractivity contribution in [2.45, 2.75) is 0 Å². The lowest BCUT2D eigenvalue weighted by atomic mass is 10.2. The first-order valence-electron chi connectivity index (χ1n) is 5.99. The van der Waals surface area contributed by atoms with E-state index in [1.807, 2.05) is 24.3 Å². The summed E-state index contributed by atoms with van der Waals surface area (Å²) in [4.78, 5) is 26.5. The maximum atomic E-state index is 11.6. The molecule has 2 rings (SSSR count). The molecule has 1 aliphatic heterocycles. The molecule has 1 heterocycles. The number of benzene rings is 1. The summed E-state index contributed by atoms with van der Waals surface area (Å²) in [6.07, 6.45) is 0. The molecule has 1 saturated heterocycles. The Morgan fingerprint density at radius 2 is 1.68 bits per heavy atom. The van der Waals surface area contributed by atoms with E-state index >= 15 is 0 Å². The van der Waals surface area contributed by atoms with Crippen LogP contribution in [-0.4, -0.2) is 50.1 Å². The van der Waals surface area contributed by atoms with Crippen molar-refractivity contribution in [2.24, 2.45) is 0 Å². The van der Waals surface area contributed by atoms with Crippen LogP contribution in [0, 0.1) is 0 Å². The summed E-state index contributed by atoms with van der Waals surface area (Å²) in [5, 5.41) is 0.697. The summed E-state index contributed by atoms with van der Waals surface area (Å²) in [5.74, 6) is -1.38. The van der Waals surface area contributed by atoms with Crippen molar-refractivity contribution in [3.63, 3.8) is 0 Å². The lowest BCUT2D eigenvalue weighted by Crippen LogP contribution is -2.50. The Kier molecular flexibility index (Phi) is 4.27. The van der Waals surface area contributed by atoms with Crippen LogP contribution >= 0.6 is 11.6 Å². The Bertz CT molecular complexity index is 467. The van der Waals surface area contributed by atoms with E-state index in [0.29, 0.717) is 31.2 Å². The van der Waals surface area contributed by atoms with Gasteiger partial charge in [-0.05, 0) is 24.3 Å². The van der Waals surface area contributed by atoms with Gasteiger partial charge in [0.05, 0.1) is 7.11 Å². The molecule has 0 aromatic heterocycles. The number of nitrogens with zero attached hydrogens (tertiary/aromatic N) is 2. The Morgan fingerprint density at radius 1 is 1.11 bits per heavy atom. The van der Waals surface area contributed by atoms with E-state index in [4.69, 9.17) is 11.6 Å². The van der Waals surface area contributed by atoms with Gasteiger partial charge in [-0.1, -0.05) is 11.6 Å². The quantitative estimate of drug-likeness (QED) is 0.573. The highest BCUT2D eigenvalue weighted by Crippen LogP contribution is 2.19. The van der Waals surface area contributed by atoms with Crippen molar-refractivity contribution >= 4 is 29.2 Å². The molecule has 1 amide bonds. The predicted octanol–water partition coefficient (Wildman–Crippen LogP) is 1.16. The average Bonchev–Trinajstić information content (AvgIpc) is 2.46. The zero-order chi connectivity index (χ0) is 13.8. The van der Waals surface area contributed by atoms with Crippen LogP contribution in [0.3, 0.4) is 0 Å². The molecule has 1 aromatic rings. The van der Waals surface area contributed by atoms with Gasteiger partial charge in [0.1, 0.15) is 0 Å². The summed E-state index contributed by atoms with van der Waals surface area (Å²) < 4.78 is 4.43. The van der Waals surface area contributed by atoms with Gasteiger partial charge in [-0.15, -0.1) is 0 Å². The summed E-state index contributed by atoms with van der Waals surface area (Å²) in [6, 6.07) is 7.56. The standard InChI is InChI=1S/C13H15ClN2O3/c1-19-13(18)12(17)16-8-6-15(7-9-16)11-4-2-10(14)3-5-11/h2-5H,6-9H2,1H3. The van der Waals surface area contributed by atoms with Crippen LogP contribution in [-0.2, 0) is 14.3 Å². The molecule has 19 heavy (non-hydrogen) atoms. The highest BCUT2D eigenvalue weighted by Gasteiger charge is 2.26. The summed E-state index contributed by atoms with van der Waals surface area (Å²) >= 11 is 5.84. The van der Waals surface area contributed by atoms with E-state index in [-0.39, 0.29) is 0 Å². The molecule has 5 nitrogen and oxygen atoms in total. The van der Waals surface area contributed by atoms with Gasteiger partial charge in [-0.3, -0.25) is 4.79 Å². The Morgan fingerprint density at radius 3 is 2.21 bits per heavy atom. The smallest absolute Gasteiger partial charge is 0.396 e. The topological polar surface area (TPSA) is 49.9 Å². The number of rotatable bonds is 1. The molecule has 1 fully saturated rings. The Labute approximate surface area is 116 Å². The zero-order valence-electron chi connectivity index (χ0n) is 10.6. The third kappa shape index (κ3) is 3.17. The number of amides is 1. The van der Waals surface area contributed by atoms with Gasteiger partial charge >= 0.3 is 11.9 Å². The van der Waals surface area contributed by atoms with Crippen molar-refractivity contribution in [1.29, 1.82) is 0 Å².